The molecule has 0 aromatic carbocycles. The summed E-state index contributed by atoms with van der Waals surface area (Å²) in [6.07, 6.45) is 4.36. The number of nitrogens with two attached hydrogens (primary N) is 1. The first-order chi connectivity index (χ1) is 8.06. The van der Waals surface area contributed by atoms with Crippen LogP contribution < -0.4 is 5.73 Å². The van der Waals surface area contributed by atoms with Crippen molar-refractivity contribution in [2.24, 2.45) is 0 Å². The average molecular weight is 237 g/mol. The number of aromatic nitrogens is 2. The van der Waals surface area contributed by atoms with E-state index in [1.807, 2.05) is 0 Å². The average Bonchev–Trinajstić information content (AvgIpc) is 2.59. The van der Waals surface area contributed by atoms with Crippen molar-refractivity contribution in [3.8, 4) is 0 Å². The van der Waals surface area contributed by atoms with Gasteiger partial charge in [-0.2, -0.15) is 0 Å². The molecule has 0 aliphatic carbocycles. The number of hydrogen-bond acceptors (Lipinski definition) is 2. The van der Waals surface area contributed by atoms with Gasteiger partial charge in [0.15, 0.2) is 0 Å². The molecule has 2 N–H and O–H groups in total. The number of nitrogen functional groups attached to an aromatic ring is 1. The Hall–Kier alpha value is -0.990. The van der Waals surface area contributed by atoms with Crippen molar-refractivity contribution >= 4 is 5.82 Å². The van der Waals surface area contributed by atoms with Gasteiger partial charge in [0, 0.05) is 18.4 Å². The molecule has 3 nitrogen and oxygen atoms in total. The number of aryl methyl sites for hydroxylation is 1. The lowest BCUT2D eigenvalue weighted by Crippen LogP contribution is -2.10. The zero-order chi connectivity index (χ0) is 13.0. The molecule has 1 aromatic heterocycles. The summed E-state index contributed by atoms with van der Waals surface area (Å²) in [4.78, 5) is 4.80. The third kappa shape index (κ3) is 2.82. The standard InChI is InChI=1S/C14H27N3/c1-6-9-12-16-13(11(7-2)8-3)14(15)17(12)10(4)5/h10-11H,6-9,15H2,1-5H3. The van der Waals surface area contributed by atoms with Crippen LogP contribution in [-0.2, 0) is 6.42 Å². The highest BCUT2D eigenvalue weighted by atomic mass is 15.2. The fourth-order valence-corrected chi connectivity index (χ4v) is 2.46. The second-order valence-corrected chi connectivity index (χ2v) is 5.03. The van der Waals surface area contributed by atoms with Crippen molar-refractivity contribution in [2.75, 3.05) is 5.73 Å². The lowest BCUT2D eigenvalue weighted by molar-refractivity contribution is 0.571. The molecule has 0 spiro atoms. The number of imidazole rings is 1. The lowest BCUT2D eigenvalue weighted by Gasteiger charge is -2.14. The molecule has 0 bridgehead atoms. The molecule has 0 unspecified atom stereocenters. The molecule has 1 heterocycles. The maximum absolute atomic E-state index is 6.29. The largest absolute Gasteiger partial charge is 0.384 e. The van der Waals surface area contributed by atoms with Gasteiger partial charge in [0.1, 0.15) is 11.6 Å². The quantitative estimate of drug-likeness (QED) is 0.815. The summed E-state index contributed by atoms with van der Waals surface area (Å²) in [6.45, 7) is 11.0. The Labute approximate surface area is 105 Å². The summed E-state index contributed by atoms with van der Waals surface area (Å²) in [6, 6.07) is 0.396. The van der Waals surface area contributed by atoms with Crippen molar-refractivity contribution in [1.82, 2.24) is 9.55 Å². The molecule has 0 aliphatic rings. The minimum atomic E-state index is 0.396. The number of rotatable bonds is 6. The highest BCUT2D eigenvalue weighted by Gasteiger charge is 2.20. The fraction of sp³-hybridized carbons (Fsp3) is 0.786. The molecule has 17 heavy (non-hydrogen) atoms. The van der Waals surface area contributed by atoms with Gasteiger partial charge in [-0.25, -0.2) is 4.98 Å². The minimum absolute atomic E-state index is 0.396. The molecule has 0 radical (unpaired) electrons. The lowest BCUT2D eigenvalue weighted by atomic mass is 9.99. The van der Waals surface area contributed by atoms with Crippen molar-refractivity contribution < 1.29 is 0 Å². The monoisotopic (exact) mass is 237 g/mol. The van der Waals surface area contributed by atoms with Gasteiger partial charge in [0.05, 0.1) is 5.69 Å². The van der Waals surface area contributed by atoms with E-state index in [4.69, 9.17) is 10.7 Å². The van der Waals surface area contributed by atoms with E-state index in [0.29, 0.717) is 12.0 Å². The molecule has 3 heteroatoms. The summed E-state index contributed by atoms with van der Waals surface area (Å²) in [5.74, 6) is 2.55. The van der Waals surface area contributed by atoms with Crippen molar-refractivity contribution in [1.29, 1.82) is 0 Å². The zero-order valence-electron chi connectivity index (χ0n) is 12.0. The normalized spacial score (nSPS) is 11.7. The Morgan fingerprint density at radius 2 is 1.76 bits per heavy atom. The maximum atomic E-state index is 6.29. The van der Waals surface area contributed by atoms with E-state index in [0.717, 1.165) is 43.0 Å². The van der Waals surface area contributed by atoms with Gasteiger partial charge >= 0.3 is 0 Å². The smallest absolute Gasteiger partial charge is 0.127 e. The fourth-order valence-electron chi connectivity index (χ4n) is 2.46. The Morgan fingerprint density at radius 3 is 2.18 bits per heavy atom. The van der Waals surface area contributed by atoms with Crippen LogP contribution in [0.4, 0.5) is 5.82 Å². The summed E-state index contributed by atoms with van der Waals surface area (Å²) in [7, 11) is 0. The van der Waals surface area contributed by atoms with Gasteiger partial charge in [0.25, 0.3) is 0 Å². The molecule has 0 saturated carbocycles. The SMILES string of the molecule is CCCc1nc(C(CC)CC)c(N)n1C(C)C. The van der Waals surface area contributed by atoms with Gasteiger partial charge in [-0.3, -0.25) is 0 Å². The van der Waals surface area contributed by atoms with E-state index in [1.54, 1.807) is 0 Å². The summed E-state index contributed by atoms with van der Waals surface area (Å²) in [5, 5.41) is 0. The second-order valence-electron chi connectivity index (χ2n) is 5.03. The Kier molecular flexibility index (Phi) is 5.03. The molecule has 0 atom stereocenters. The van der Waals surface area contributed by atoms with E-state index in [2.05, 4.69) is 39.2 Å². The topological polar surface area (TPSA) is 43.8 Å². The van der Waals surface area contributed by atoms with Crippen molar-refractivity contribution in [3.63, 3.8) is 0 Å². The van der Waals surface area contributed by atoms with Crippen LogP contribution in [-0.4, -0.2) is 9.55 Å². The van der Waals surface area contributed by atoms with Crippen LogP contribution in [0.3, 0.4) is 0 Å². The Bertz CT molecular complexity index is 349. The number of anilines is 1. The van der Waals surface area contributed by atoms with E-state index in [1.165, 1.54) is 0 Å². The van der Waals surface area contributed by atoms with Crippen LogP contribution in [0.25, 0.3) is 0 Å². The van der Waals surface area contributed by atoms with E-state index in [9.17, 15) is 0 Å². The van der Waals surface area contributed by atoms with Gasteiger partial charge in [-0.05, 0) is 33.1 Å². The summed E-state index contributed by atoms with van der Waals surface area (Å²) < 4.78 is 2.21. The molecule has 1 aromatic rings. The molecule has 0 saturated heterocycles. The second kappa shape index (κ2) is 6.08. The van der Waals surface area contributed by atoms with Gasteiger partial charge in [-0.15, -0.1) is 0 Å². The van der Waals surface area contributed by atoms with Gasteiger partial charge in [-0.1, -0.05) is 20.8 Å². The third-order valence-corrected chi connectivity index (χ3v) is 3.41. The molecule has 98 valence electrons. The van der Waals surface area contributed by atoms with Gasteiger partial charge < -0.3 is 10.3 Å². The highest BCUT2D eigenvalue weighted by Crippen LogP contribution is 2.30. The van der Waals surface area contributed by atoms with Crippen LogP contribution in [0.2, 0.25) is 0 Å². The van der Waals surface area contributed by atoms with Gasteiger partial charge in [0.2, 0.25) is 0 Å². The van der Waals surface area contributed by atoms with Crippen molar-refractivity contribution in [3.05, 3.63) is 11.5 Å². The predicted octanol–water partition coefficient (Wildman–Crippen LogP) is 3.90. The third-order valence-electron chi connectivity index (χ3n) is 3.41. The molecule has 0 fully saturated rings. The van der Waals surface area contributed by atoms with Crippen LogP contribution in [0.1, 0.15) is 77.4 Å². The first-order valence-corrected chi connectivity index (χ1v) is 6.93. The molecular weight excluding hydrogens is 210 g/mol. The maximum Gasteiger partial charge on any atom is 0.127 e. The summed E-state index contributed by atoms with van der Waals surface area (Å²) >= 11 is 0. The first-order valence-electron chi connectivity index (χ1n) is 6.93. The highest BCUT2D eigenvalue weighted by molar-refractivity contribution is 5.41. The van der Waals surface area contributed by atoms with E-state index < -0.39 is 0 Å². The van der Waals surface area contributed by atoms with E-state index >= 15 is 0 Å². The van der Waals surface area contributed by atoms with E-state index in [-0.39, 0.29) is 0 Å². The van der Waals surface area contributed by atoms with Crippen LogP contribution in [0.5, 0.6) is 0 Å². The predicted molar refractivity (Wildman–Crippen MR) is 74.3 cm³/mol. The van der Waals surface area contributed by atoms with Crippen LogP contribution in [0.15, 0.2) is 0 Å². The van der Waals surface area contributed by atoms with Crippen molar-refractivity contribution in [2.45, 2.75) is 72.3 Å². The molecule has 1 rings (SSSR count). The Morgan fingerprint density at radius 1 is 1.18 bits per heavy atom. The minimum Gasteiger partial charge on any atom is -0.384 e. The molecular formula is C14H27N3. The number of hydrogen-bond donors (Lipinski definition) is 1. The summed E-state index contributed by atoms with van der Waals surface area (Å²) in [5.41, 5.74) is 7.41. The zero-order valence-corrected chi connectivity index (χ0v) is 12.0. The van der Waals surface area contributed by atoms with Crippen LogP contribution in [0, 0.1) is 0 Å². The van der Waals surface area contributed by atoms with Crippen LogP contribution >= 0.6 is 0 Å². The first kappa shape index (κ1) is 14.1. The number of nitrogens with zero attached hydrogens (tertiary/aromatic N) is 2. The molecule has 0 amide bonds. The molecule has 0 aliphatic heterocycles. The Balaban J connectivity index is 3.20.